The number of amides is 1. The molecule has 0 aromatic heterocycles. The third-order valence-electron chi connectivity index (χ3n) is 3.89. The molecular weight excluding hydrogens is 377 g/mol. The van der Waals surface area contributed by atoms with Crippen molar-refractivity contribution < 1.29 is 18.7 Å². The normalized spacial score (nSPS) is 17.2. The molecule has 0 bridgehead atoms. The van der Waals surface area contributed by atoms with Gasteiger partial charge in [0.2, 0.25) is 5.91 Å². The first kappa shape index (κ1) is 16.6. The van der Waals surface area contributed by atoms with Gasteiger partial charge in [0, 0.05) is 24.6 Å². The Morgan fingerprint density at radius 1 is 1.21 bits per heavy atom. The maximum Gasteiger partial charge on any atom is 0.339 e. The lowest BCUT2D eigenvalue weighted by Gasteiger charge is -2.16. The van der Waals surface area contributed by atoms with E-state index >= 15 is 0 Å². The summed E-state index contributed by atoms with van der Waals surface area (Å²) in [5, 5.41) is 0. The Hall–Kier alpha value is -2.21. The maximum atomic E-state index is 13.5. The second kappa shape index (κ2) is 7.13. The summed E-state index contributed by atoms with van der Waals surface area (Å²) in [5.41, 5.74) is 0.975. The summed E-state index contributed by atoms with van der Waals surface area (Å²) >= 11 is 3.05. The number of benzene rings is 2. The van der Waals surface area contributed by atoms with Crippen molar-refractivity contribution in [1.82, 2.24) is 0 Å². The van der Waals surface area contributed by atoms with Crippen LogP contribution in [0.1, 0.15) is 16.8 Å². The molecule has 6 heteroatoms. The van der Waals surface area contributed by atoms with Gasteiger partial charge in [-0.25, -0.2) is 9.18 Å². The molecule has 0 unspecified atom stereocenters. The predicted octanol–water partition coefficient (Wildman–Crippen LogP) is 3.80. The van der Waals surface area contributed by atoms with Crippen molar-refractivity contribution in [3.05, 3.63) is 64.4 Å². The smallest absolute Gasteiger partial charge is 0.339 e. The third-order valence-corrected chi connectivity index (χ3v) is 4.70. The highest BCUT2D eigenvalue weighted by Crippen LogP contribution is 2.26. The zero-order valence-corrected chi connectivity index (χ0v) is 14.3. The summed E-state index contributed by atoms with van der Waals surface area (Å²) in [4.78, 5) is 25.9. The fourth-order valence-electron chi connectivity index (χ4n) is 2.68. The molecule has 124 valence electrons. The summed E-state index contributed by atoms with van der Waals surface area (Å²) in [6, 6.07) is 13.6. The van der Waals surface area contributed by atoms with E-state index in [1.54, 1.807) is 4.90 Å². The second-order valence-corrected chi connectivity index (χ2v) is 6.40. The summed E-state index contributed by atoms with van der Waals surface area (Å²) in [5.74, 6) is -1.19. The molecule has 1 amide bonds. The van der Waals surface area contributed by atoms with E-state index in [1.165, 1.54) is 18.2 Å². The topological polar surface area (TPSA) is 46.6 Å². The highest BCUT2D eigenvalue weighted by Gasteiger charge is 2.31. The number of ether oxygens (including phenoxy) is 1. The monoisotopic (exact) mass is 391 g/mol. The number of rotatable bonds is 4. The molecule has 3 rings (SSSR count). The van der Waals surface area contributed by atoms with Crippen LogP contribution in [0, 0.1) is 11.7 Å². The summed E-state index contributed by atoms with van der Waals surface area (Å²) in [6.07, 6.45) is 0.326. The summed E-state index contributed by atoms with van der Waals surface area (Å²) in [6.45, 7) is 0.622. The number of esters is 1. The van der Waals surface area contributed by atoms with E-state index < -0.39 is 11.8 Å². The number of para-hydroxylation sites is 1. The van der Waals surface area contributed by atoms with Crippen molar-refractivity contribution in [1.29, 1.82) is 0 Å². The SMILES string of the molecule is O=C(OC[C@@H]1CC(=O)N(c2ccccc2)C1)c1cccc(F)c1Br. The third kappa shape index (κ3) is 3.48. The first-order chi connectivity index (χ1) is 11.6. The van der Waals surface area contributed by atoms with E-state index in [0.717, 1.165) is 5.69 Å². The highest BCUT2D eigenvalue weighted by atomic mass is 79.9. The van der Waals surface area contributed by atoms with Crippen LogP contribution in [-0.4, -0.2) is 25.0 Å². The minimum Gasteiger partial charge on any atom is -0.462 e. The fourth-order valence-corrected chi connectivity index (χ4v) is 3.11. The molecule has 24 heavy (non-hydrogen) atoms. The molecule has 1 heterocycles. The van der Waals surface area contributed by atoms with Crippen LogP contribution < -0.4 is 4.90 Å². The van der Waals surface area contributed by atoms with Gasteiger partial charge in [-0.2, -0.15) is 0 Å². The average Bonchev–Trinajstić information content (AvgIpc) is 2.97. The Bertz CT molecular complexity index is 766. The van der Waals surface area contributed by atoms with E-state index in [4.69, 9.17) is 4.74 Å². The number of anilines is 1. The van der Waals surface area contributed by atoms with Gasteiger partial charge in [-0.1, -0.05) is 24.3 Å². The molecule has 1 fully saturated rings. The maximum absolute atomic E-state index is 13.5. The molecule has 1 aliphatic rings. The van der Waals surface area contributed by atoms with E-state index in [9.17, 15) is 14.0 Å². The van der Waals surface area contributed by atoms with Crippen molar-refractivity contribution in [2.24, 2.45) is 5.92 Å². The van der Waals surface area contributed by atoms with Gasteiger partial charge in [0.05, 0.1) is 16.6 Å². The molecule has 1 aliphatic heterocycles. The number of hydrogen-bond acceptors (Lipinski definition) is 3. The Kier molecular flexibility index (Phi) is 4.94. The molecule has 1 saturated heterocycles. The lowest BCUT2D eigenvalue weighted by atomic mass is 10.1. The molecule has 0 N–H and O–H groups in total. The fraction of sp³-hybridized carbons (Fsp3) is 0.222. The van der Waals surface area contributed by atoms with Crippen molar-refractivity contribution in [3.8, 4) is 0 Å². The Morgan fingerprint density at radius 3 is 2.71 bits per heavy atom. The lowest BCUT2D eigenvalue weighted by molar-refractivity contribution is -0.117. The first-order valence-electron chi connectivity index (χ1n) is 7.53. The van der Waals surface area contributed by atoms with E-state index in [-0.39, 0.29) is 28.5 Å². The second-order valence-electron chi connectivity index (χ2n) is 5.61. The van der Waals surface area contributed by atoms with Gasteiger partial charge < -0.3 is 9.64 Å². The molecule has 0 spiro atoms. The molecule has 2 aromatic carbocycles. The number of carbonyl (C=O) groups is 2. The lowest BCUT2D eigenvalue weighted by Crippen LogP contribution is -2.25. The van der Waals surface area contributed by atoms with Crippen LogP contribution in [0.25, 0.3) is 0 Å². The minimum absolute atomic E-state index is 0.00850. The van der Waals surface area contributed by atoms with E-state index in [0.29, 0.717) is 13.0 Å². The largest absolute Gasteiger partial charge is 0.462 e. The molecular formula is C18H15BrFNO3. The van der Waals surface area contributed by atoms with Gasteiger partial charge in [0.1, 0.15) is 5.82 Å². The Balaban J connectivity index is 1.61. The molecule has 0 radical (unpaired) electrons. The van der Waals surface area contributed by atoms with Crippen LogP contribution in [0.15, 0.2) is 53.0 Å². The van der Waals surface area contributed by atoms with E-state index in [2.05, 4.69) is 15.9 Å². The van der Waals surface area contributed by atoms with Gasteiger partial charge in [0.15, 0.2) is 0 Å². The predicted molar refractivity (Wildman–Crippen MR) is 91.3 cm³/mol. The van der Waals surface area contributed by atoms with Crippen molar-refractivity contribution in [2.75, 3.05) is 18.1 Å². The number of halogens is 2. The van der Waals surface area contributed by atoms with Gasteiger partial charge in [-0.05, 0) is 40.2 Å². The highest BCUT2D eigenvalue weighted by molar-refractivity contribution is 9.10. The molecule has 2 aromatic rings. The van der Waals surface area contributed by atoms with Crippen LogP contribution >= 0.6 is 15.9 Å². The van der Waals surface area contributed by atoms with Crippen molar-refractivity contribution in [3.63, 3.8) is 0 Å². The van der Waals surface area contributed by atoms with Crippen LogP contribution in [0.4, 0.5) is 10.1 Å². The molecule has 0 aliphatic carbocycles. The van der Waals surface area contributed by atoms with Crippen molar-refractivity contribution in [2.45, 2.75) is 6.42 Å². The molecule has 0 saturated carbocycles. The number of nitrogens with zero attached hydrogens (tertiary/aromatic N) is 1. The van der Waals surface area contributed by atoms with Crippen LogP contribution in [0.2, 0.25) is 0 Å². The minimum atomic E-state index is -0.605. The quantitative estimate of drug-likeness (QED) is 0.744. The summed E-state index contributed by atoms with van der Waals surface area (Å²) in [7, 11) is 0. The number of hydrogen-bond donors (Lipinski definition) is 0. The Morgan fingerprint density at radius 2 is 1.96 bits per heavy atom. The van der Waals surface area contributed by atoms with Gasteiger partial charge in [-0.15, -0.1) is 0 Å². The molecule has 1 atom stereocenters. The zero-order chi connectivity index (χ0) is 17.1. The van der Waals surface area contributed by atoms with Gasteiger partial charge in [0.25, 0.3) is 0 Å². The van der Waals surface area contributed by atoms with Gasteiger partial charge in [-0.3, -0.25) is 4.79 Å². The van der Waals surface area contributed by atoms with Crippen LogP contribution in [0.3, 0.4) is 0 Å². The van der Waals surface area contributed by atoms with Crippen LogP contribution in [-0.2, 0) is 9.53 Å². The number of carbonyl (C=O) groups excluding carboxylic acids is 2. The van der Waals surface area contributed by atoms with Crippen molar-refractivity contribution >= 4 is 33.5 Å². The Labute approximate surface area is 147 Å². The summed E-state index contributed by atoms with van der Waals surface area (Å²) < 4.78 is 18.8. The zero-order valence-electron chi connectivity index (χ0n) is 12.7. The van der Waals surface area contributed by atoms with E-state index in [1.807, 2.05) is 30.3 Å². The first-order valence-corrected chi connectivity index (χ1v) is 8.32. The molecule has 4 nitrogen and oxygen atoms in total. The average molecular weight is 392 g/mol. The standard InChI is InChI=1S/C18H15BrFNO3/c19-17-14(7-4-8-15(17)20)18(23)24-11-12-9-16(22)21(10-12)13-5-2-1-3-6-13/h1-8,12H,9-11H2/t12-/m1/s1. The van der Waals surface area contributed by atoms with Gasteiger partial charge >= 0.3 is 5.97 Å². The van der Waals surface area contributed by atoms with Crippen LogP contribution in [0.5, 0.6) is 0 Å².